The maximum Gasteiger partial charge on any atom is 0.181 e. The first-order chi connectivity index (χ1) is 8.20. The highest BCUT2D eigenvalue weighted by Gasteiger charge is 2.07. The molecule has 0 amide bonds. The van der Waals surface area contributed by atoms with Crippen molar-refractivity contribution in [3.63, 3.8) is 0 Å². The highest BCUT2D eigenvalue weighted by atomic mass is 35.5. The summed E-state index contributed by atoms with van der Waals surface area (Å²) in [7, 11) is 0. The number of carbonyl (C=O) groups is 1. The van der Waals surface area contributed by atoms with Crippen molar-refractivity contribution in [2.45, 2.75) is 19.9 Å². The molecule has 17 heavy (non-hydrogen) atoms. The van der Waals surface area contributed by atoms with Crippen molar-refractivity contribution < 1.29 is 4.79 Å². The number of hydrogen-bond donors (Lipinski definition) is 0. The number of aldehydes is 1. The van der Waals surface area contributed by atoms with Gasteiger partial charge in [-0.1, -0.05) is 11.6 Å². The first kappa shape index (κ1) is 11.8. The molecular weight excluding hydrogens is 238 g/mol. The molecule has 2 rings (SSSR count). The summed E-state index contributed by atoms with van der Waals surface area (Å²) in [6.07, 6.45) is 1.33. The Morgan fingerprint density at radius 3 is 2.71 bits per heavy atom. The van der Waals surface area contributed by atoms with Crippen LogP contribution in [0.2, 0.25) is 5.02 Å². The summed E-state index contributed by atoms with van der Waals surface area (Å²) in [5.41, 5.74) is 0.919. The fraction of sp³-hybridized carbons (Fsp3) is 0.250. The molecule has 0 aliphatic rings. The zero-order valence-electron chi connectivity index (χ0n) is 9.43. The summed E-state index contributed by atoms with van der Waals surface area (Å²) in [6, 6.07) is 7.36. The van der Waals surface area contributed by atoms with E-state index >= 15 is 0 Å². The number of aryl methyl sites for hydroxylation is 2. The molecule has 0 spiro atoms. The topological polar surface area (TPSA) is 47.8 Å². The van der Waals surface area contributed by atoms with Crippen LogP contribution in [0.5, 0.6) is 0 Å². The lowest BCUT2D eigenvalue weighted by atomic mass is 10.2. The smallest absolute Gasteiger partial charge is 0.181 e. The van der Waals surface area contributed by atoms with Crippen molar-refractivity contribution in [3.8, 4) is 11.4 Å². The zero-order valence-corrected chi connectivity index (χ0v) is 10.2. The molecule has 0 saturated carbocycles. The molecule has 0 saturated heterocycles. The van der Waals surface area contributed by atoms with Crippen molar-refractivity contribution >= 4 is 17.9 Å². The van der Waals surface area contributed by atoms with Crippen LogP contribution in [0.3, 0.4) is 0 Å². The summed E-state index contributed by atoms with van der Waals surface area (Å²) in [6.45, 7) is 2.44. The van der Waals surface area contributed by atoms with Gasteiger partial charge in [-0.15, -0.1) is 0 Å². The Hall–Kier alpha value is -1.68. The Balaban J connectivity index is 2.27. The summed E-state index contributed by atoms with van der Waals surface area (Å²) < 4.78 is 1.73. The summed E-state index contributed by atoms with van der Waals surface area (Å²) in [5.74, 6) is 1.46. The maximum atomic E-state index is 10.3. The second kappa shape index (κ2) is 5.10. The summed E-state index contributed by atoms with van der Waals surface area (Å²) in [4.78, 5) is 14.7. The number of carbonyl (C=O) groups excluding carboxylic acids is 1. The number of nitrogens with zero attached hydrogens (tertiary/aromatic N) is 3. The lowest BCUT2D eigenvalue weighted by Crippen LogP contribution is -2.02. The molecule has 0 atom stereocenters. The number of rotatable bonds is 4. The van der Waals surface area contributed by atoms with Gasteiger partial charge < -0.3 is 4.79 Å². The SMILES string of the molecule is Cc1nc(-c2ccc(Cl)cc2)nn1CCC=O. The standard InChI is InChI=1S/C12H12ClN3O/c1-9-14-12(15-16(9)7-2-8-17)10-3-5-11(13)6-4-10/h3-6,8H,2,7H2,1H3. The lowest BCUT2D eigenvalue weighted by molar-refractivity contribution is -0.108. The van der Waals surface area contributed by atoms with E-state index in [1.165, 1.54) is 0 Å². The molecule has 0 fully saturated rings. The molecule has 88 valence electrons. The van der Waals surface area contributed by atoms with Gasteiger partial charge in [0.1, 0.15) is 12.1 Å². The van der Waals surface area contributed by atoms with Crippen molar-refractivity contribution in [1.29, 1.82) is 0 Å². The number of aromatic nitrogens is 3. The summed E-state index contributed by atoms with van der Waals surface area (Å²) in [5, 5.41) is 5.04. The van der Waals surface area contributed by atoms with Crippen LogP contribution in [0, 0.1) is 6.92 Å². The fourth-order valence-corrected chi connectivity index (χ4v) is 1.65. The van der Waals surface area contributed by atoms with Gasteiger partial charge in [-0.2, -0.15) is 5.10 Å². The molecule has 1 heterocycles. The Labute approximate surface area is 104 Å². The van der Waals surface area contributed by atoms with Gasteiger partial charge in [0.25, 0.3) is 0 Å². The quantitative estimate of drug-likeness (QED) is 0.783. The van der Waals surface area contributed by atoms with Crippen LogP contribution in [0.4, 0.5) is 0 Å². The van der Waals surface area contributed by atoms with Gasteiger partial charge in [0.05, 0.1) is 0 Å². The highest BCUT2D eigenvalue weighted by Crippen LogP contribution is 2.18. The molecule has 0 N–H and O–H groups in total. The first-order valence-electron chi connectivity index (χ1n) is 5.31. The minimum atomic E-state index is 0.449. The minimum Gasteiger partial charge on any atom is -0.303 e. The Morgan fingerprint density at radius 2 is 2.06 bits per heavy atom. The molecule has 0 bridgehead atoms. The normalized spacial score (nSPS) is 10.5. The molecular formula is C12H12ClN3O. The largest absolute Gasteiger partial charge is 0.303 e. The highest BCUT2D eigenvalue weighted by molar-refractivity contribution is 6.30. The van der Waals surface area contributed by atoms with Crippen LogP contribution in [-0.4, -0.2) is 21.1 Å². The second-order valence-corrected chi connectivity index (χ2v) is 4.10. The third kappa shape index (κ3) is 2.71. The van der Waals surface area contributed by atoms with Gasteiger partial charge >= 0.3 is 0 Å². The van der Waals surface area contributed by atoms with Crippen molar-refractivity contribution in [2.75, 3.05) is 0 Å². The van der Waals surface area contributed by atoms with E-state index in [0.717, 1.165) is 17.7 Å². The van der Waals surface area contributed by atoms with Gasteiger partial charge in [0, 0.05) is 23.6 Å². The van der Waals surface area contributed by atoms with Crippen LogP contribution >= 0.6 is 11.6 Å². The average molecular weight is 250 g/mol. The van der Waals surface area contributed by atoms with Gasteiger partial charge in [0.15, 0.2) is 5.82 Å². The van der Waals surface area contributed by atoms with E-state index in [-0.39, 0.29) is 0 Å². The van der Waals surface area contributed by atoms with Crippen molar-refractivity contribution in [2.24, 2.45) is 0 Å². The minimum absolute atomic E-state index is 0.449. The maximum absolute atomic E-state index is 10.3. The van der Waals surface area contributed by atoms with Gasteiger partial charge in [-0.05, 0) is 31.2 Å². The predicted octanol–water partition coefficient (Wildman–Crippen LogP) is 2.50. The second-order valence-electron chi connectivity index (χ2n) is 3.67. The molecule has 5 heteroatoms. The molecule has 0 radical (unpaired) electrons. The third-order valence-electron chi connectivity index (χ3n) is 2.42. The first-order valence-corrected chi connectivity index (χ1v) is 5.69. The van der Waals surface area contributed by atoms with E-state index < -0.39 is 0 Å². The van der Waals surface area contributed by atoms with Crippen molar-refractivity contribution in [1.82, 2.24) is 14.8 Å². The molecule has 0 unspecified atom stereocenters. The van der Waals surface area contributed by atoms with Crippen LogP contribution in [0.25, 0.3) is 11.4 Å². The van der Waals surface area contributed by atoms with Crippen LogP contribution in [0.1, 0.15) is 12.2 Å². The zero-order chi connectivity index (χ0) is 12.3. The number of halogens is 1. The molecule has 1 aromatic heterocycles. The lowest BCUT2D eigenvalue weighted by Gasteiger charge is -1.97. The van der Waals surface area contributed by atoms with Crippen LogP contribution < -0.4 is 0 Å². The summed E-state index contributed by atoms with van der Waals surface area (Å²) >= 11 is 5.82. The van der Waals surface area contributed by atoms with Crippen LogP contribution in [0.15, 0.2) is 24.3 Å². The van der Waals surface area contributed by atoms with Crippen LogP contribution in [-0.2, 0) is 11.3 Å². The van der Waals surface area contributed by atoms with E-state index in [4.69, 9.17) is 11.6 Å². The molecule has 1 aromatic carbocycles. The number of hydrogen-bond acceptors (Lipinski definition) is 3. The van der Waals surface area contributed by atoms with E-state index in [1.807, 2.05) is 19.1 Å². The average Bonchev–Trinajstić information content (AvgIpc) is 2.69. The van der Waals surface area contributed by atoms with E-state index in [1.54, 1.807) is 16.8 Å². The Bertz CT molecular complexity index is 519. The predicted molar refractivity (Wildman–Crippen MR) is 65.9 cm³/mol. The fourth-order valence-electron chi connectivity index (χ4n) is 1.53. The molecule has 4 nitrogen and oxygen atoms in total. The molecule has 2 aromatic rings. The molecule has 0 aliphatic heterocycles. The van der Waals surface area contributed by atoms with E-state index in [9.17, 15) is 4.79 Å². The number of benzene rings is 1. The monoisotopic (exact) mass is 249 g/mol. The molecule has 0 aliphatic carbocycles. The van der Waals surface area contributed by atoms with Gasteiger partial charge in [0.2, 0.25) is 0 Å². The Kier molecular flexibility index (Phi) is 3.54. The Morgan fingerprint density at radius 1 is 1.35 bits per heavy atom. The third-order valence-corrected chi connectivity index (χ3v) is 2.67. The van der Waals surface area contributed by atoms with E-state index in [2.05, 4.69) is 10.1 Å². The van der Waals surface area contributed by atoms with Gasteiger partial charge in [-0.3, -0.25) is 0 Å². The van der Waals surface area contributed by atoms with Gasteiger partial charge in [-0.25, -0.2) is 9.67 Å². The van der Waals surface area contributed by atoms with E-state index in [0.29, 0.717) is 23.8 Å². The van der Waals surface area contributed by atoms with Crippen molar-refractivity contribution in [3.05, 3.63) is 35.1 Å².